The molecule has 302 valence electrons. The molecule has 20 heteroatoms. The van der Waals surface area contributed by atoms with Crippen LogP contribution in [0.2, 0.25) is 0 Å². The van der Waals surface area contributed by atoms with E-state index < -0.39 is 111 Å². The van der Waals surface area contributed by atoms with Crippen molar-refractivity contribution in [1.29, 1.82) is 0 Å². The molecule has 4 atom stereocenters. The van der Waals surface area contributed by atoms with Crippen LogP contribution in [0.25, 0.3) is 11.1 Å². The van der Waals surface area contributed by atoms with Crippen molar-refractivity contribution in [2.75, 3.05) is 41.0 Å². The van der Waals surface area contributed by atoms with Crippen molar-refractivity contribution >= 4 is 47.5 Å². The fraction of sp³-hybridized carbons (Fsp3) is 0.444. The lowest BCUT2D eigenvalue weighted by Gasteiger charge is -2.29. The molecule has 2 N–H and O–H groups in total. The second-order valence-electron chi connectivity index (χ2n) is 12.6. The molecule has 2 aromatic carbocycles. The van der Waals surface area contributed by atoms with Crippen LogP contribution in [0.4, 0.5) is 9.59 Å². The molecular formula is C36H42N4O16. The fourth-order valence-electron chi connectivity index (χ4n) is 5.25. The van der Waals surface area contributed by atoms with Crippen LogP contribution in [0, 0.1) is 0 Å². The average molecular weight is 787 g/mol. The van der Waals surface area contributed by atoms with Crippen molar-refractivity contribution in [2.24, 2.45) is 0 Å². The molecule has 2 aliphatic heterocycles. The molecule has 0 bridgehead atoms. The lowest BCUT2D eigenvalue weighted by molar-refractivity contribution is -0.159. The third-order valence-electron chi connectivity index (χ3n) is 8.23. The molecule has 2 fully saturated rings. The summed E-state index contributed by atoms with van der Waals surface area (Å²) >= 11 is 0. The van der Waals surface area contributed by atoms with Gasteiger partial charge in [0.25, 0.3) is 11.8 Å². The van der Waals surface area contributed by atoms with Crippen LogP contribution in [0.1, 0.15) is 48.4 Å². The maximum atomic E-state index is 13.0. The van der Waals surface area contributed by atoms with Crippen molar-refractivity contribution in [2.45, 2.75) is 64.2 Å². The number of ketones is 2. The molecule has 4 rings (SSSR count). The van der Waals surface area contributed by atoms with Gasteiger partial charge in [-0.25, -0.2) is 40.0 Å². The number of rotatable bonds is 13. The molecule has 0 radical (unpaired) electrons. The summed E-state index contributed by atoms with van der Waals surface area (Å²) in [7, 11) is 2.24. The van der Waals surface area contributed by atoms with E-state index in [-0.39, 0.29) is 11.1 Å². The number of nitrogens with zero attached hydrogens (tertiary/aromatic N) is 2. The third-order valence-corrected chi connectivity index (χ3v) is 8.23. The molecule has 0 aromatic heterocycles. The summed E-state index contributed by atoms with van der Waals surface area (Å²) in [6.45, 7) is 4.35. The van der Waals surface area contributed by atoms with Gasteiger partial charge >= 0.3 is 24.1 Å². The molecule has 0 spiro atoms. The van der Waals surface area contributed by atoms with E-state index in [2.05, 4.69) is 20.3 Å². The van der Waals surface area contributed by atoms with Gasteiger partial charge in [0.2, 0.25) is 0 Å². The number of hydrogen-bond acceptors (Lipinski definition) is 16. The Kier molecular flexibility index (Phi) is 15.0. The van der Waals surface area contributed by atoms with Gasteiger partial charge in [-0.3, -0.25) is 19.2 Å². The number of amides is 4. The molecule has 2 saturated heterocycles. The minimum atomic E-state index is -1.49. The maximum Gasteiger partial charge on any atom is 0.425 e. The molecule has 2 aliphatic rings. The third kappa shape index (κ3) is 10.6. The van der Waals surface area contributed by atoms with Gasteiger partial charge in [-0.15, -0.1) is 0 Å². The Morgan fingerprint density at radius 1 is 0.571 bits per heavy atom. The first-order chi connectivity index (χ1) is 26.7. The minimum Gasteiger partial charge on any atom is -0.455 e. The molecule has 0 unspecified atom stereocenters. The highest BCUT2D eigenvalue weighted by Gasteiger charge is 2.46. The van der Waals surface area contributed by atoms with Crippen LogP contribution in [-0.2, 0) is 57.1 Å². The number of hydrogen-bond donors (Lipinski definition) is 2. The molecule has 2 aromatic rings. The van der Waals surface area contributed by atoms with Crippen molar-refractivity contribution in [3.05, 3.63) is 59.7 Å². The molecule has 0 aliphatic carbocycles. The van der Waals surface area contributed by atoms with Crippen molar-refractivity contribution in [3.8, 4) is 11.1 Å². The molecule has 4 amide bonds. The lowest BCUT2D eigenvalue weighted by Crippen LogP contribution is -2.56. The number of methoxy groups -OCH3 is 2. The van der Waals surface area contributed by atoms with Gasteiger partial charge < -0.3 is 37.9 Å². The second kappa shape index (κ2) is 19.6. The second-order valence-corrected chi connectivity index (χ2v) is 12.6. The largest absolute Gasteiger partial charge is 0.455 e. The average Bonchev–Trinajstić information content (AvgIpc) is 3.90. The first-order valence-corrected chi connectivity index (χ1v) is 17.1. The predicted octanol–water partition coefficient (Wildman–Crippen LogP) is 1.30. The molecule has 20 nitrogen and oxygen atoms in total. The van der Waals surface area contributed by atoms with Crippen LogP contribution in [0.3, 0.4) is 0 Å². The van der Waals surface area contributed by atoms with Gasteiger partial charge in [0, 0.05) is 23.2 Å². The topological polar surface area (TPSA) is 241 Å². The highest BCUT2D eigenvalue weighted by atomic mass is 16.7. The number of carbonyl (C=O) groups excluding carboxylic acids is 8. The Bertz CT molecular complexity index is 1650. The standard InChI is InChI=1S/C36H42N4O16/c1-19(2)39(37-35(47)49-5)31(43)27-29(55-17-53-27)33(45)51-15-25(41)23-11-7-21(8-12-23)22-9-13-24(14-10-22)26(42)16-52-34(46)30-28(54-18-56-30)32(44)40(20(3)4)38-36(48)50-6/h7-14,19-20,27-30H,15-18H2,1-6H3,(H,37,47)(H,38,48)/t27-,28-,29-,30-/m1/s1. The fourth-order valence-corrected chi connectivity index (χ4v) is 5.25. The first-order valence-electron chi connectivity index (χ1n) is 17.1. The zero-order valence-corrected chi connectivity index (χ0v) is 31.3. The first kappa shape index (κ1) is 42.8. The van der Waals surface area contributed by atoms with Gasteiger partial charge in [0.15, 0.2) is 49.2 Å². The number of hydrazine groups is 2. The molecule has 2 heterocycles. The summed E-state index contributed by atoms with van der Waals surface area (Å²) < 4.78 is 40.4. The summed E-state index contributed by atoms with van der Waals surface area (Å²) in [4.78, 5) is 101. The van der Waals surface area contributed by atoms with Gasteiger partial charge in [-0.1, -0.05) is 48.5 Å². The van der Waals surface area contributed by atoms with E-state index in [4.69, 9.17) is 28.4 Å². The van der Waals surface area contributed by atoms with Crippen molar-refractivity contribution in [3.63, 3.8) is 0 Å². The number of esters is 2. The number of nitrogens with one attached hydrogen (secondary N) is 2. The summed E-state index contributed by atoms with van der Waals surface area (Å²) in [5, 5.41) is 1.87. The zero-order valence-electron chi connectivity index (χ0n) is 31.3. The Hall–Kier alpha value is -5.96. The van der Waals surface area contributed by atoms with Crippen LogP contribution in [0.5, 0.6) is 0 Å². The Morgan fingerprint density at radius 3 is 1.20 bits per heavy atom. The highest BCUT2D eigenvalue weighted by Crippen LogP contribution is 2.23. The van der Waals surface area contributed by atoms with Gasteiger partial charge in [-0.2, -0.15) is 0 Å². The maximum absolute atomic E-state index is 13.0. The quantitative estimate of drug-likeness (QED) is 0.126. The lowest BCUT2D eigenvalue weighted by atomic mass is 10.0. The van der Waals surface area contributed by atoms with E-state index in [1.165, 1.54) is 24.3 Å². The summed E-state index contributed by atoms with van der Waals surface area (Å²) in [5.74, 6) is -4.68. The number of ether oxygens (including phenoxy) is 8. The molecule has 56 heavy (non-hydrogen) atoms. The van der Waals surface area contributed by atoms with Gasteiger partial charge in [0.1, 0.15) is 13.6 Å². The Labute approximate surface area is 320 Å². The highest BCUT2D eigenvalue weighted by molar-refractivity contribution is 6.00. The minimum absolute atomic E-state index is 0.219. The van der Waals surface area contributed by atoms with Crippen LogP contribution in [0.15, 0.2) is 48.5 Å². The zero-order chi connectivity index (χ0) is 41.1. The van der Waals surface area contributed by atoms with Crippen LogP contribution in [-0.4, -0.2) is 135 Å². The van der Waals surface area contributed by atoms with Crippen LogP contribution >= 0.6 is 0 Å². The number of Topliss-reactive ketones (excluding diaryl/α,β-unsaturated/α-hetero) is 2. The summed E-state index contributed by atoms with van der Waals surface area (Å²) in [6.07, 6.45) is -7.68. The van der Waals surface area contributed by atoms with Gasteiger partial charge in [-0.05, 0) is 38.8 Å². The predicted molar refractivity (Wildman–Crippen MR) is 187 cm³/mol. The Morgan fingerprint density at radius 2 is 0.893 bits per heavy atom. The van der Waals surface area contributed by atoms with E-state index in [0.29, 0.717) is 11.1 Å². The van der Waals surface area contributed by atoms with Crippen molar-refractivity contribution in [1.82, 2.24) is 20.9 Å². The van der Waals surface area contributed by atoms with E-state index >= 15 is 0 Å². The van der Waals surface area contributed by atoms with E-state index in [9.17, 15) is 38.4 Å². The van der Waals surface area contributed by atoms with E-state index in [1.807, 2.05) is 0 Å². The van der Waals surface area contributed by atoms with Crippen molar-refractivity contribution < 1.29 is 76.3 Å². The smallest absolute Gasteiger partial charge is 0.425 e. The monoisotopic (exact) mass is 786 g/mol. The SMILES string of the molecule is COC(=O)NN(C(=O)[C@@H]1OCO[C@H]1C(=O)OCC(=O)c1ccc(-c2ccc(C(=O)COC(=O)[C@@H]3OCO[C@H]3C(=O)N(NC(=O)OC)C(C)C)cc2)cc1)C(C)C. The number of carbonyl (C=O) groups is 8. The summed E-state index contributed by atoms with van der Waals surface area (Å²) in [5.41, 5.74) is 6.31. The van der Waals surface area contributed by atoms with E-state index in [0.717, 1.165) is 24.2 Å². The molecular weight excluding hydrogens is 744 g/mol. The summed E-state index contributed by atoms with van der Waals surface area (Å²) in [6, 6.07) is 11.6. The molecule has 0 saturated carbocycles. The normalized spacial score (nSPS) is 18.8. The Balaban J connectivity index is 1.28. The van der Waals surface area contributed by atoms with E-state index in [1.54, 1.807) is 52.0 Å². The van der Waals surface area contributed by atoms with Gasteiger partial charge in [0.05, 0.1) is 14.2 Å². The van der Waals surface area contributed by atoms with Crippen LogP contribution < -0.4 is 10.9 Å². The number of benzene rings is 2.